The van der Waals surface area contributed by atoms with E-state index in [0.29, 0.717) is 16.9 Å². The van der Waals surface area contributed by atoms with Crippen LogP contribution in [0.3, 0.4) is 0 Å². The molecule has 0 spiro atoms. The van der Waals surface area contributed by atoms with E-state index in [2.05, 4.69) is 0 Å². The van der Waals surface area contributed by atoms with E-state index in [1.807, 2.05) is 6.92 Å². The van der Waals surface area contributed by atoms with Gasteiger partial charge in [-0.1, -0.05) is 12.1 Å². The molecule has 5 heteroatoms. The van der Waals surface area contributed by atoms with Crippen LogP contribution in [-0.2, 0) is 6.61 Å². The molecule has 0 aliphatic heterocycles. The summed E-state index contributed by atoms with van der Waals surface area (Å²) in [4.78, 5) is 10.6. The van der Waals surface area contributed by atoms with E-state index in [0.717, 1.165) is 11.1 Å². The molecule has 0 N–H and O–H groups in total. The highest BCUT2D eigenvalue weighted by Gasteiger charge is 2.16. The van der Waals surface area contributed by atoms with Crippen molar-refractivity contribution >= 4 is 5.69 Å². The molecule has 4 nitrogen and oxygen atoms in total. The lowest BCUT2D eigenvalue weighted by Crippen LogP contribution is -2.04. The maximum atomic E-state index is 13.6. The van der Waals surface area contributed by atoms with Gasteiger partial charge < -0.3 is 4.74 Å². The van der Waals surface area contributed by atoms with Gasteiger partial charge in [0.2, 0.25) is 0 Å². The predicted molar refractivity (Wildman–Crippen MR) is 78.0 cm³/mol. The monoisotopic (exact) mass is 289 g/mol. The van der Waals surface area contributed by atoms with Crippen molar-refractivity contribution in [3.63, 3.8) is 0 Å². The number of hydrogen-bond donors (Lipinski definition) is 0. The fourth-order valence-corrected chi connectivity index (χ4v) is 2.16. The molecule has 0 heterocycles. The number of rotatable bonds is 4. The quantitative estimate of drug-likeness (QED) is 0.625. The second-order valence-electron chi connectivity index (χ2n) is 4.99. The number of ether oxygens (including phenoxy) is 1. The van der Waals surface area contributed by atoms with Crippen molar-refractivity contribution in [1.29, 1.82) is 0 Å². The average molecular weight is 289 g/mol. The third-order valence-corrected chi connectivity index (χ3v) is 3.41. The lowest BCUT2D eigenvalue weighted by molar-refractivity contribution is -0.385. The standard InChI is InChI=1S/C16H16FNO3/c1-10-5-4-6-15(18(19)20)13(10)9-21-16-8-14(17)11(2)7-12(16)3/h4-8H,9H2,1-3H3. The zero-order valence-electron chi connectivity index (χ0n) is 12.1. The van der Waals surface area contributed by atoms with Crippen molar-refractivity contribution in [1.82, 2.24) is 0 Å². The second-order valence-corrected chi connectivity index (χ2v) is 4.99. The van der Waals surface area contributed by atoms with Crippen molar-refractivity contribution in [2.24, 2.45) is 0 Å². The van der Waals surface area contributed by atoms with Gasteiger partial charge in [-0.15, -0.1) is 0 Å². The Hall–Kier alpha value is -2.43. The second kappa shape index (κ2) is 5.91. The van der Waals surface area contributed by atoms with Gasteiger partial charge in [0.05, 0.1) is 10.5 Å². The molecule has 0 bridgehead atoms. The van der Waals surface area contributed by atoms with Crippen molar-refractivity contribution in [2.75, 3.05) is 0 Å². The molecular weight excluding hydrogens is 273 g/mol. The summed E-state index contributed by atoms with van der Waals surface area (Å²) in [5, 5.41) is 11.0. The molecule has 21 heavy (non-hydrogen) atoms. The van der Waals surface area contributed by atoms with Gasteiger partial charge in [0.15, 0.2) is 0 Å². The Morgan fingerprint density at radius 2 is 1.86 bits per heavy atom. The van der Waals surface area contributed by atoms with Gasteiger partial charge in [-0.25, -0.2) is 4.39 Å². The number of aryl methyl sites for hydroxylation is 3. The first-order valence-electron chi connectivity index (χ1n) is 6.52. The van der Waals surface area contributed by atoms with Crippen LogP contribution in [0.5, 0.6) is 5.75 Å². The van der Waals surface area contributed by atoms with Crippen molar-refractivity contribution < 1.29 is 14.1 Å². The lowest BCUT2D eigenvalue weighted by atomic mass is 10.1. The van der Waals surface area contributed by atoms with Crippen LogP contribution in [0.15, 0.2) is 30.3 Å². The van der Waals surface area contributed by atoms with Crippen LogP contribution in [0.25, 0.3) is 0 Å². The number of nitro groups is 1. The predicted octanol–water partition coefficient (Wildman–Crippen LogP) is 4.24. The molecule has 0 atom stereocenters. The Morgan fingerprint density at radius 1 is 1.14 bits per heavy atom. The van der Waals surface area contributed by atoms with Gasteiger partial charge in [-0.3, -0.25) is 10.1 Å². The molecule has 2 aromatic rings. The Morgan fingerprint density at radius 3 is 2.52 bits per heavy atom. The van der Waals surface area contributed by atoms with Crippen LogP contribution in [0.2, 0.25) is 0 Å². The summed E-state index contributed by atoms with van der Waals surface area (Å²) in [6.45, 7) is 5.31. The molecule has 0 aliphatic rings. The van der Waals surface area contributed by atoms with Gasteiger partial charge in [-0.05, 0) is 43.5 Å². The number of nitro benzene ring substituents is 1. The minimum atomic E-state index is -0.436. The van der Waals surface area contributed by atoms with Gasteiger partial charge in [-0.2, -0.15) is 0 Å². The van der Waals surface area contributed by atoms with Crippen LogP contribution >= 0.6 is 0 Å². The van der Waals surface area contributed by atoms with Gasteiger partial charge in [0.1, 0.15) is 18.2 Å². The van der Waals surface area contributed by atoms with Crippen LogP contribution in [0, 0.1) is 36.7 Å². The smallest absolute Gasteiger partial charge is 0.276 e. The van der Waals surface area contributed by atoms with Crippen molar-refractivity contribution in [3.8, 4) is 5.75 Å². The molecule has 2 rings (SSSR count). The maximum absolute atomic E-state index is 13.6. The van der Waals surface area contributed by atoms with Gasteiger partial charge in [0.25, 0.3) is 5.69 Å². The molecule has 0 unspecified atom stereocenters. The van der Waals surface area contributed by atoms with E-state index >= 15 is 0 Å². The summed E-state index contributed by atoms with van der Waals surface area (Å²) in [7, 11) is 0. The summed E-state index contributed by atoms with van der Waals surface area (Å²) in [6.07, 6.45) is 0. The van der Waals surface area contributed by atoms with E-state index < -0.39 is 4.92 Å². The Bertz CT molecular complexity index is 698. The lowest BCUT2D eigenvalue weighted by Gasteiger charge is -2.12. The normalized spacial score (nSPS) is 10.5. The number of benzene rings is 2. The zero-order chi connectivity index (χ0) is 15.6. The number of nitrogens with zero attached hydrogens (tertiary/aromatic N) is 1. The molecule has 0 fully saturated rings. The minimum Gasteiger partial charge on any atom is -0.488 e. The molecule has 0 radical (unpaired) electrons. The summed E-state index contributed by atoms with van der Waals surface area (Å²) >= 11 is 0. The first kappa shape index (κ1) is 15.0. The number of halogens is 1. The highest BCUT2D eigenvalue weighted by molar-refractivity contribution is 5.45. The highest BCUT2D eigenvalue weighted by Crippen LogP contribution is 2.26. The van der Waals surface area contributed by atoms with Crippen LogP contribution in [0.4, 0.5) is 10.1 Å². The van der Waals surface area contributed by atoms with E-state index in [-0.39, 0.29) is 18.1 Å². The van der Waals surface area contributed by atoms with E-state index in [9.17, 15) is 14.5 Å². The van der Waals surface area contributed by atoms with Crippen molar-refractivity contribution in [3.05, 3.63) is 68.5 Å². The van der Waals surface area contributed by atoms with Gasteiger partial charge >= 0.3 is 0 Å². The summed E-state index contributed by atoms with van der Waals surface area (Å²) in [5.74, 6) is 0.0468. The SMILES string of the molecule is Cc1cc(C)c(OCc2c(C)cccc2[N+](=O)[O-])cc1F. The molecule has 0 saturated carbocycles. The summed E-state index contributed by atoms with van der Waals surface area (Å²) in [5.41, 5.74) is 2.63. The zero-order valence-corrected chi connectivity index (χ0v) is 12.1. The largest absolute Gasteiger partial charge is 0.488 e. The fourth-order valence-electron chi connectivity index (χ4n) is 2.16. The van der Waals surface area contributed by atoms with Gasteiger partial charge in [0, 0.05) is 12.1 Å². The Labute approximate surface area is 122 Å². The third kappa shape index (κ3) is 3.18. The van der Waals surface area contributed by atoms with Crippen molar-refractivity contribution in [2.45, 2.75) is 27.4 Å². The summed E-state index contributed by atoms with van der Waals surface area (Å²) in [6, 6.07) is 7.86. The van der Waals surface area contributed by atoms with E-state index in [1.54, 1.807) is 32.0 Å². The fraction of sp³-hybridized carbons (Fsp3) is 0.250. The maximum Gasteiger partial charge on any atom is 0.276 e. The molecule has 110 valence electrons. The highest BCUT2D eigenvalue weighted by atomic mass is 19.1. The van der Waals surface area contributed by atoms with E-state index in [4.69, 9.17) is 4.74 Å². The minimum absolute atomic E-state index is 0.0141. The molecule has 2 aromatic carbocycles. The Balaban J connectivity index is 2.29. The van der Waals surface area contributed by atoms with Crippen LogP contribution in [-0.4, -0.2) is 4.92 Å². The first-order chi connectivity index (χ1) is 9.90. The van der Waals surface area contributed by atoms with Crippen LogP contribution < -0.4 is 4.74 Å². The average Bonchev–Trinajstić information content (AvgIpc) is 2.42. The Kier molecular flexibility index (Phi) is 4.21. The molecule has 0 aliphatic carbocycles. The summed E-state index contributed by atoms with van der Waals surface area (Å²) < 4.78 is 19.2. The first-order valence-corrected chi connectivity index (χ1v) is 6.52. The van der Waals surface area contributed by atoms with Crippen LogP contribution in [0.1, 0.15) is 22.3 Å². The third-order valence-electron chi connectivity index (χ3n) is 3.41. The molecular formula is C16H16FNO3. The van der Waals surface area contributed by atoms with E-state index in [1.165, 1.54) is 12.1 Å². The molecule has 0 saturated heterocycles. The molecule has 0 aromatic heterocycles. The number of hydrogen-bond acceptors (Lipinski definition) is 3. The topological polar surface area (TPSA) is 52.4 Å². The molecule has 0 amide bonds.